The average molecular weight is 407 g/mol. The topological polar surface area (TPSA) is 99.9 Å². The number of carbonyl (C=O) groups excluding carboxylic acids is 1. The minimum atomic E-state index is -3.21. The van der Waals surface area contributed by atoms with Crippen LogP contribution in [0.1, 0.15) is 41.4 Å². The summed E-state index contributed by atoms with van der Waals surface area (Å²) in [6.07, 6.45) is 6.14. The van der Waals surface area contributed by atoms with Crippen molar-refractivity contribution in [3.05, 3.63) is 29.7 Å². The molecule has 0 spiro atoms. The first-order valence-electron chi connectivity index (χ1n) is 9.72. The summed E-state index contributed by atoms with van der Waals surface area (Å²) in [6.45, 7) is 4.59. The Balaban J connectivity index is 1.46. The van der Waals surface area contributed by atoms with Gasteiger partial charge in [0.2, 0.25) is 10.0 Å². The third kappa shape index (κ3) is 4.03. The predicted molar refractivity (Wildman–Crippen MR) is 105 cm³/mol. The molecular formula is C18H26N6O3S. The maximum atomic E-state index is 12.5. The number of aromatic nitrogens is 3. The summed E-state index contributed by atoms with van der Waals surface area (Å²) in [7, 11) is -3.21. The Hall–Kier alpha value is -2.04. The number of pyridine rings is 1. The molecule has 28 heavy (non-hydrogen) atoms. The van der Waals surface area contributed by atoms with Crippen LogP contribution >= 0.6 is 0 Å². The van der Waals surface area contributed by atoms with Crippen molar-refractivity contribution in [1.29, 1.82) is 0 Å². The summed E-state index contributed by atoms with van der Waals surface area (Å²) < 4.78 is 26.8. The molecule has 2 aromatic rings. The van der Waals surface area contributed by atoms with Gasteiger partial charge >= 0.3 is 0 Å². The summed E-state index contributed by atoms with van der Waals surface area (Å²) in [5.41, 5.74) is 1.20. The lowest BCUT2D eigenvalue weighted by Gasteiger charge is -2.15. The predicted octanol–water partition coefficient (Wildman–Crippen LogP) is 0.304. The molecule has 2 aliphatic rings. The molecule has 2 aliphatic heterocycles. The summed E-state index contributed by atoms with van der Waals surface area (Å²) in [5.74, 6) is 0.552. The van der Waals surface area contributed by atoms with Crippen LogP contribution < -0.4 is 5.32 Å². The normalized spacial score (nSPS) is 21.5. The Morgan fingerprint density at radius 2 is 2.00 bits per heavy atom. The van der Waals surface area contributed by atoms with E-state index in [0.29, 0.717) is 43.1 Å². The van der Waals surface area contributed by atoms with Gasteiger partial charge in [-0.25, -0.2) is 12.7 Å². The maximum Gasteiger partial charge on any atom is 0.252 e. The van der Waals surface area contributed by atoms with Crippen molar-refractivity contribution >= 4 is 21.6 Å². The zero-order valence-electron chi connectivity index (χ0n) is 16.0. The van der Waals surface area contributed by atoms with E-state index in [4.69, 9.17) is 0 Å². The van der Waals surface area contributed by atoms with Crippen molar-refractivity contribution in [2.75, 3.05) is 45.5 Å². The van der Waals surface area contributed by atoms with Crippen LogP contribution in [0.15, 0.2) is 18.3 Å². The zero-order chi connectivity index (χ0) is 19.7. The highest BCUT2D eigenvalue weighted by Gasteiger charge is 2.32. The van der Waals surface area contributed by atoms with Crippen LogP contribution in [-0.2, 0) is 10.0 Å². The molecule has 152 valence electrons. The second-order valence-corrected chi connectivity index (χ2v) is 9.60. The molecule has 9 nitrogen and oxygen atoms in total. The van der Waals surface area contributed by atoms with Gasteiger partial charge in [0.05, 0.1) is 11.8 Å². The third-order valence-corrected chi connectivity index (χ3v) is 6.86. The summed E-state index contributed by atoms with van der Waals surface area (Å²) in [5, 5.41) is 11.4. The molecule has 0 radical (unpaired) electrons. The van der Waals surface area contributed by atoms with Gasteiger partial charge in [-0.1, -0.05) is 0 Å². The van der Waals surface area contributed by atoms with Gasteiger partial charge in [0.15, 0.2) is 5.65 Å². The van der Waals surface area contributed by atoms with Crippen LogP contribution in [0.4, 0.5) is 0 Å². The molecule has 0 saturated carbocycles. The van der Waals surface area contributed by atoms with Crippen molar-refractivity contribution < 1.29 is 13.2 Å². The second-order valence-electron chi connectivity index (χ2n) is 7.62. The average Bonchev–Trinajstić information content (AvgIpc) is 3.40. The van der Waals surface area contributed by atoms with E-state index in [-0.39, 0.29) is 11.8 Å². The fraction of sp³-hybridized carbons (Fsp3) is 0.611. The molecule has 2 fully saturated rings. The molecule has 1 amide bonds. The first kappa shape index (κ1) is 19.3. The van der Waals surface area contributed by atoms with E-state index in [0.717, 1.165) is 19.6 Å². The molecule has 0 aliphatic carbocycles. The van der Waals surface area contributed by atoms with Crippen LogP contribution in [0.5, 0.6) is 0 Å². The highest BCUT2D eigenvalue weighted by Crippen LogP contribution is 2.27. The molecule has 0 unspecified atom stereocenters. The summed E-state index contributed by atoms with van der Waals surface area (Å²) >= 11 is 0. The van der Waals surface area contributed by atoms with Crippen LogP contribution in [0.3, 0.4) is 0 Å². The summed E-state index contributed by atoms with van der Waals surface area (Å²) in [6, 6.07) is 3.52. The second kappa shape index (κ2) is 7.76. The Bertz CT molecular complexity index is 967. The number of hydrogen-bond acceptors (Lipinski definition) is 6. The number of nitrogens with zero attached hydrogens (tertiary/aromatic N) is 5. The number of nitrogens with one attached hydrogen (secondary N) is 1. The van der Waals surface area contributed by atoms with Gasteiger partial charge in [-0.15, -0.1) is 10.2 Å². The quantitative estimate of drug-likeness (QED) is 0.741. The van der Waals surface area contributed by atoms with Gasteiger partial charge in [0.25, 0.3) is 5.91 Å². The van der Waals surface area contributed by atoms with E-state index in [1.54, 1.807) is 18.3 Å². The minimum absolute atomic E-state index is 0.0294. The maximum absolute atomic E-state index is 12.5. The number of hydrogen-bond donors (Lipinski definition) is 1. The monoisotopic (exact) mass is 406 g/mol. The first-order valence-corrected chi connectivity index (χ1v) is 11.6. The summed E-state index contributed by atoms with van der Waals surface area (Å²) in [4.78, 5) is 14.9. The molecule has 2 aromatic heterocycles. The smallest absolute Gasteiger partial charge is 0.252 e. The van der Waals surface area contributed by atoms with Gasteiger partial charge < -0.3 is 10.2 Å². The van der Waals surface area contributed by atoms with Gasteiger partial charge in [-0.3, -0.25) is 9.20 Å². The Morgan fingerprint density at radius 1 is 1.21 bits per heavy atom. The number of sulfonamides is 1. The lowest BCUT2D eigenvalue weighted by molar-refractivity contribution is 0.0949. The van der Waals surface area contributed by atoms with Gasteiger partial charge in [-0.2, -0.15) is 0 Å². The lowest BCUT2D eigenvalue weighted by atomic mass is 10.1. The fourth-order valence-corrected chi connectivity index (χ4v) is 4.88. The molecule has 1 atom stereocenters. The standard InChI is InChI=1S/C18H26N6O3S/c1-28(26,27)23-10-6-14(12-23)17-21-20-16-5-4-15(13-24(16)17)18(25)19-7-11-22-8-2-3-9-22/h4-5,13-14H,2-3,6-12H2,1H3,(H,19,25)/t14-/m0/s1. The largest absolute Gasteiger partial charge is 0.351 e. The molecule has 0 aromatic carbocycles. The van der Waals surface area contributed by atoms with E-state index in [2.05, 4.69) is 20.4 Å². The first-order chi connectivity index (χ1) is 13.4. The van der Waals surface area contributed by atoms with Gasteiger partial charge in [0, 0.05) is 38.3 Å². The van der Waals surface area contributed by atoms with Crippen molar-refractivity contribution in [2.24, 2.45) is 0 Å². The number of likely N-dealkylation sites (tertiary alicyclic amines) is 1. The van der Waals surface area contributed by atoms with Crippen molar-refractivity contribution in [3.8, 4) is 0 Å². The Labute approximate surface area is 164 Å². The van der Waals surface area contributed by atoms with E-state index in [1.165, 1.54) is 23.4 Å². The number of carbonyl (C=O) groups is 1. The lowest BCUT2D eigenvalue weighted by Crippen LogP contribution is -2.33. The molecular weight excluding hydrogens is 380 g/mol. The molecule has 1 N–H and O–H groups in total. The highest BCUT2D eigenvalue weighted by atomic mass is 32.2. The van der Waals surface area contributed by atoms with E-state index < -0.39 is 10.0 Å². The molecule has 10 heteroatoms. The molecule has 2 saturated heterocycles. The number of fused-ring (bicyclic) bond motifs is 1. The number of rotatable bonds is 6. The molecule has 4 heterocycles. The third-order valence-electron chi connectivity index (χ3n) is 5.59. The number of amides is 1. The van der Waals surface area contributed by atoms with Crippen molar-refractivity contribution in [2.45, 2.75) is 25.2 Å². The highest BCUT2D eigenvalue weighted by molar-refractivity contribution is 7.88. The van der Waals surface area contributed by atoms with Crippen LogP contribution in [0.25, 0.3) is 5.65 Å². The van der Waals surface area contributed by atoms with Crippen LogP contribution in [0.2, 0.25) is 0 Å². The van der Waals surface area contributed by atoms with Crippen LogP contribution in [0, 0.1) is 0 Å². The van der Waals surface area contributed by atoms with E-state index in [1.807, 2.05) is 4.40 Å². The van der Waals surface area contributed by atoms with Gasteiger partial charge in [-0.05, 0) is 44.5 Å². The van der Waals surface area contributed by atoms with Crippen molar-refractivity contribution in [3.63, 3.8) is 0 Å². The molecule has 4 rings (SSSR count). The van der Waals surface area contributed by atoms with Gasteiger partial charge in [0.1, 0.15) is 5.82 Å². The van der Waals surface area contributed by atoms with Crippen LogP contribution in [-0.4, -0.2) is 83.7 Å². The minimum Gasteiger partial charge on any atom is -0.351 e. The molecule has 0 bridgehead atoms. The SMILES string of the molecule is CS(=O)(=O)N1CC[C@H](c2nnc3ccc(C(=O)NCCN4CCCC4)cn23)C1. The Kier molecular flexibility index (Phi) is 5.35. The van der Waals surface area contributed by atoms with Crippen molar-refractivity contribution in [1.82, 2.24) is 29.1 Å². The Morgan fingerprint density at radius 3 is 2.71 bits per heavy atom. The fourth-order valence-electron chi connectivity index (χ4n) is 4.00. The van der Waals surface area contributed by atoms with E-state index in [9.17, 15) is 13.2 Å². The van der Waals surface area contributed by atoms with E-state index >= 15 is 0 Å². The zero-order valence-corrected chi connectivity index (χ0v) is 16.9.